The zero-order valence-electron chi connectivity index (χ0n) is 9.63. The average Bonchev–Trinajstić information content (AvgIpc) is 2.15. The van der Waals surface area contributed by atoms with Crippen LogP contribution in [0.15, 0.2) is 18.5 Å². The summed E-state index contributed by atoms with van der Waals surface area (Å²) in [6, 6.07) is 2.48. The molecule has 0 saturated heterocycles. The van der Waals surface area contributed by atoms with Crippen LogP contribution in [0.5, 0.6) is 0 Å². The number of hydrogen-bond donors (Lipinski definition) is 1. The number of nitrogens with zero attached hydrogens (tertiary/aromatic N) is 1. The van der Waals surface area contributed by atoms with Crippen molar-refractivity contribution in [2.45, 2.75) is 39.8 Å². The molecule has 1 aromatic rings. The number of aromatic nitrogens is 1. The lowest BCUT2D eigenvalue weighted by Gasteiger charge is -2.16. The van der Waals surface area contributed by atoms with Gasteiger partial charge >= 0.3 is 0 Å². The number of nitrogens with one attached hydrogen (secondary N) is 1. The molecule has 1 N–H and O–H groups in total. The topological polar surface area (TPSA) is 24.9 Å². The van der Waals surface area contributed by atoms with Gasteiger partial charge in [0.2, 0.25) is 0 Å². The van der Waals surface area contributed by atoms with Crippen LogP contribution in [0.1, 0.15) is 32.8 Å². The summed E-state index contributed by atoms with van der Waals surface area (Å²) >= 11 is 6.01. The molecule has 0 aliphatic heterocycles. The van der Waals surface area contributed by atoms with E-state index in [0.29, 0.717) is 6.04 Å². The first-order chi connectivity index (χ1) is 7.09. The minimum atomic E-state index is 0.522. The molecule has 1 unspecified atom stereocenters. The highest BCUT2D eigenvalue weighted by atomic mass is 35.5. The van der Waals surface area contributed by atoms with Gasteiger partial charge in [0.1, 0.15) is 0 Å². The van der Waals surface area contributed by atoms with Gasteiger partial charge in [0.05, 0.1) is 5.02 Å². The Morgan fingerprint density at radius 1 is 1.40 bits per heavy atom. The minimum absolute atomic E-state index is 0.522. The van der Waals surface area contributed by atoms with Crippen molar-refractivity contribution < 1.29 is 0 Å². The van der Waals surface area contributed by atoms with Gasteiger partial charge in [-0.05, 0) is 30.9 Å². The second kappa shape index (κ2) is 6.09. The SMILES string of the molecule is CC(C)CC(C)NCc1ccncc1Cl. The van der Waals surface area contributed by atoms with Gasteiger partial charge in [-0.1, -0.05) is 25.4 Å². The molecule has 2 nitrogen and oxygen atoms in total. The molecular weight excluding hydrogens is 208 g/mol. The Labute approximate surface area is 97.1 Å². The third-order valence-corrected chi connectivity index (χ3v) is 2.66. The third-order valence-electron chi connectivity index (χ3n) is 2.32. The van der Waals surface area contributed by atoms with Crippen molar-refractivity contribution in [3.05, 3.63) is 29.0 Å². The highest BCUT2D eigenvalue weighted by molar-refractivity contribution is 6.31. The fourth-order valence-corrected chi connectivity index (χ4v) is 1.81. The van der Waals surface area contributed by atoms with Gasteiger partial charge in [0.15, 0.2) is 0 Å². The first-order valence-corrected chi connectivity index (χ1v) is 5.79. The monoisotopic (exact) mass is 226 g/mol. The van der Waals surface area contributed by atoms with E-state index in [1.807, 2.05) is 6.07 Å². The maximum atomic E-state index is 6.01. The quantitative estimate of drug-likeness (QED) is 0.834. The smallest absolute Gasteiger partial charge is 0.0634 e. The van der Waals surface area contributed by atoms with Crippen LogP contribution >= 0.6 is 11.6 Å². The van der Waals surface area contributed by atoms with Crippen LogP contribution in [0.3, 0.4) is 0 Å². The van der Waals surface area contributed by atoms with Crippen LogP contribution in [0.25, 0.3) is 0 Å². The van der Waals surface area contributed by atoms with Crippen molar-refractivity contribution in [1.82, 2.24) is 10.3 Å². The van der Waals surface area contributed by atoms with Gasteiger partial charge < -0.3 is 5.32 Å². The molecule has 0 aliphatic carbocycles. The van der Waals surface area contributed by atoms with E-state index in [2.05, 4.69) is 31.1 Å². The summed E-state index contributed by atoms with van der Waals surface area (Å²) in [5.41, 5.74) is 1.11. The number of pyridine rings is 1. The Hall–Kier alpha value is -0.600. The molecule has 15 heavy (non-hydrogen) atoms. The van der Waals surface area contributed by atoms with Crippen LogP contribution < -0.4 is 5.32 Å². The summed E-state index contributed by atoms with van der Waals surface area (Å²) < 4.78 is 0. The average molecular weight is 227 g/mol. The Morgan fingerprint density at radius 3 is 2.73 bits per heavy atom. The summed E-state index contributed by atoms with van der Waals surface area (Å²) in [6.07, 6.45) is 4.64. The summed E-state index contributed by atoms with van der Waals surface area (Å²) in [7, 11) is 0. The highest BCUT2D eigenvalue weighted by Gasteiger charge is 2.05. The predicted octanol–water partition coefficient (Wildman–Crippen LogP) is 3.26. The fourth-order valence-electron chi connectivity index (χ4n) is 1.62. The van der Waals surface area contributed by atoms with Crippen molar-refractivity contribution in [1.29, 1.82) is 0 Å². The molecule has 84 valence electrons. The minimum Gasteiger partial charge on any atom is -0.310 e. The lowest BCUT2D eigenvalue weighted by atomic mass is 10.1. The zero-order valence-corrected chi connectivity index (χ0v) is 10.4. The Bertz CT molecular complexity index is 299. The molecule has 0 fully saturated rings. The Morgan fingerprint density at radius 2 is 2.13 bits per heavy atom. The standard InChI is InChI=1S/C12H19ClN2/c1-9(2)6-10(3)15-7-11-4-5-14-8-12(11)13/h4-5,8-10,15H,6-7H2,1-3H3. The van der Waals surface area contributed by atoms with Gasteiger partial charge in [0.25, 0.3) is 0 Å². The van der Waals surface area contributed by atoms with Crippen molar-refractivity contribution in [3.8, 4) is 0 Å². The normalized spacial score (nSPS) is 13.1. The molecule has 3 heteroatoms. The molecule has 1 heterocycles. The van der Waals surface area contributed by atoms with Gasteiger partial charge in [-0.3, -0.25) is 4.98 Å². The molecule has 1 aromatic heterocycles. The Kier molecular flexibility index (Phi) is 5.06. The summed E-state index contributed by atoms with van der Waals surface area (Å²) in [5, 5.41) is 4.20. The fraction of sp³-hybridized carbons (Fsp3) is 0.583. The lowest BCUT2D eigenvalue weighted by molar-refractivity contribution is 0.441. The van der Waals surface area contributed by atoms with E-state index in [1.54, 1.807) is 12.4 Å². The molecular formula is C12H19ClN2. The molecule has 0 bridgehead atoms. The van der Waals surface area contributed by atoms with Gasteiger partial charge in [-0.2, -0.15) is 0 Å². The van der Waals surface area contributed by atoms with E-state index < -0.39 is 0 Å². The van der Waals surface area contributed by atoms with Crippen LogP contribution in [0.4, 0.5) is 0 Å². The van der Waals surface area contributed by atoms with Gasteiger partial charge in [0, 0.05) is 25.0 Å². The lowest BCUT2D eigenvalue weighted by Crippen LogP contribution is -2.26. The molecule has 1 atom stereocenters. The summed E-state index contributed by atoms with van der Waals surface area (Å²) in [5.74, 6) is 0.723. The van der Waals surface area contributed by atoms with E-state index >= 15 is 0 Å². The maximum absolute atomic E-state index is 6.01. The predicted molar refractivity (Wildman–Crippen MR) is 65.0 cm³/mol. The van der Waals surface area contributed by atoms with E-state index in [0.717, 1.165) is 23.0 Å². The number of halogens is 1. The highest BCUT2D eigenvalue weighted by Crippen LogP contribution is 2.13. The van der Waals surface area contributed by atoms with Crippen LogP contribution in [-0.4, -0.2) is 11.0 Å². The largest absolute Gasteiger partial charge is 0.310 e. The molecule has 0 spiro atoms. The summed E-state index contributed by atoms with van der Waals surface area (Å²) in [4.78, 5) is 3.96. The zero-order chi connectivity index (χ0) is 11.3. The van der Waals surface area contributed by atoms with E-state index in [9.17, 15) is 0 Å². The van der Waals surface area contributed by atoms with Crippen molar-refractivity contribution >= 4 is 11.6 Å². The van der Waals surface area contributed by atoms with E-state index in [-0.39, 0.29) is 0 Å². The second-order valence-electron chi connectivity index (χ2n) is 4.38. The number of rotatable bonds is 5. The molecule has 0 aromatic carbocycles. The van der Waals surface area contributed by atoms with Gasteiger partial charge in [-0.15, -0.1) is 0 Å². The van der Waals surface area contributed by atoms with Crippen LogP contribution in [-0.2, 0) is 6.54 Å². The van der Waals surface area contributed by atoms with Crippen molar-refractivity contribution in [3.63, 3.8) is 0 Å². The first-order valence-electron chi connectivity index (χ1n) is 5.41. The number of hydrogen-bond acceptors (Lipinski definition) is 2. The van der Waals surface area contributed by atoms with Gasteiger partial charge in [-0.25, -0.2) is 0 Å². The van der Waals surface area contributed by atoms with Crippen LogP contribution in [0.2, 0.25) is 5.02 Å². The molecule has 0 aliphatic rings. The maximum Gasteiger partial charge on any atom is 0.0634 e. The Balaban J connectivity index is 2.40. The third kappa shape index (κ3) is 4.63. The molecule has 1 rings (SSSR count). The molecule has 0 saturated carbocycles. The van der Waals surface area contributed by atoms with E-state index in [1.165, 1.54) is 6.42 Å². The van der Waals surface area contributed by atoms with Crippen LogP contribution in [0, 0.1) is 5.92 Å². The second-order valence-corrected chi connectivity index (χ2v) is 4.79. The molecule has 0 amide bonds. The first kappa shape index (κ1) is 12.5. The van der Waals surface area contributed by atoms with Crippen molar-refractivity contribution in [2.75, 3.05) is 0 Å². The summed E-state index contributed by atoms with van der Waals surface area (Å²) in [6.45, 7) is 7.49. The van der Waals surface area contributed by atoms with E-state index in [4.69, 9.17) is 11.6 Å². The molecule has 0 radical (unpaired) electrons. The van der Waals surface area contributed by atoms with Crippen molar-refractivity contribution in [2.24, 2.45) is 5.92 Å².